The number of aromatic nitrogens is 4. The van der Waals surface area contributed by atoms with Crippen molar-refractivity contribution < 1.29 is 0 Å². The van der Waals surface area contributed by atoms with E-state index >= 15 is 0 Å². The average molecular weight is 430 g/mol. The van der Waals surface area contributed by atoms with Crippen molar-refractivity contribution in [3.05, 3.63) is 77.7 Å². The summed E-state index contributed by atoms with van der Waals surface area (Å²) in [5.74, 6) is 0.458. The molecule has 0 saturated carbocycles. The number of rotatable bonds is 2. The van der Waals surface area contributed by atoms with Crippen molar-refractivity contribution in [1.29, 1.82) is 10.5 Å². The molecule has 2 aromatic carbocycles. The van der Waals surface area contributed by atoms with E-state index in [9.17, 15) is 10.5 Å². The number of imidazole rings is 1. The molecule has 0 amide bonds. The van der Waals surface area contributed by atoms with Crippen LogP contribution in [0.5, 0.6) is 0 Å². The van der Waals surface area contributed by atoms with Crippen LogP contribution in [-0.2, 0) is 7.05 Å². The highest BCUT2D eigenvalue weighted by Gasteiger charge is 2.17. The maximum absolute atomic E-state index is 9.48. The zero-order valence-corrected chi connectivity index (χ0v) is 18.0. The maximum atomic E-state index is 9.48. The van der Waals surface area contributed by atoms with Crippen molar-refractivity contribution in [2.75, 3.05) is 5.73 Å². The fraction of sp³-hybridized carbons (Fsp3) is 0.0800. The number of nitriles is 2. The molecule has 5 aromatic rings. The molecule has 0 aliphatic carbocycles. The highest BCUT2D eigenvalue weighted by molar-refractivity contribution is 6.04. The van der Waals surface area contributed by atoms with Gasteiger partial charge in [0.15, 0.2) is 0 Å². The number of benzene rings is 2. The summed E-state index contributed by atoms with van der Waals surface area (Å²) in [5, 5.41) is 19.8. The average Bonchev–Trinajstić information content (AvgIpc) is 3.11. The van der Waals surface area contributed by atoms with E-state index < -0.39 is 0 Å². The van der Waals surface area contributed by atoms with Gasteiger partial charge in [0.2, 0.25) is 11.8 Å². The topological polar surface area (TPSA) is 122 Å². The van der Waals surface area contributed by atoms with E-state index in [-0.39, 0.29) is 0 Å². The minimum Gasteiger partial charge on any atom is -0.384 e. The van der Waals surface area contributed by atoms with E-state index in [1.54, 1.807) is 24.5 Å². The summed E-state index contributed by atoms with van der Waals surface area (Å²) in [4.78, 5) is 13.0. The van der Waals surface area contributed by atoms with Crippen LogP contribution in [0.4, 0.5) is 5.82 Å². The second-order valence-electron chi connectivity index (χ2n) is 7.72. The quantitative estimate of drug-likeness (QED) is 0.428. The molecule has 3 heterocycles. The Morgan fingerprint density at radius 2 is 1.79 bits per heavy atom. The summed E-state index contributed by atoms with van der Waals surface area (Å²) in [6.07, 6.45) is 5.42. The van der Waals surface area contributed by atoms with Crippen molar-refractivity contribution in [2.24, 2.45) is 12.0 Å². The number of fused-ring (bicyclic) bond motifs is 3. The van der Waals surface area contributed by atoms with E-state index in [1.165, 1.54) is 0 Å². The molecular formula is C25H18N8. The number of nitrogen functional groups attached to an aromatic ring is 1. The van der Waals surface area contributed by atoms with Crippen molar-refractivity contribution in [1.82, 2.24) is 19.1 Å². The van der Waals surface area contributed by atoms with Gasteiger partial charge in [0.1, 0.15) is 5.82 Å². The Labute approximate surface area is 189 Å². The Bertz CT molecular complexity index is 1710. The minimum atomic E-state index is 0.444. The van der Waals surface area contributed by atoms with Crippen LogP contribution in [0.1, 0.15) is 11.1 Å². The van der Waals surface area contributed by atoms with Gasteiger partial charge in [-0.2, -0.15) is 10.5 Å². The fourth-order valence-corrected chi connectivity index (χ4v) is 4.08. The van der Waals surface area contributed by atoms with Gasteiger partial charge in [0.25, 0.3) is 0 Å². The van der Waals surface area contributed by atoms with Gasteiger partial charge in [0.05, 0.1) is 40.1 Å². The van der Waals surface area contributed by atoms with Gasteiger partial charge in [-0.15, -0.1) is 4.99 Å². The highest BCUT2D eigenvalue weighted by Crippen LogP contribution is 2.30. The van der Waals surface area contributed by atoms with E-state index in [1.807, 2.05) is 65.7 Å². The summed E-state index contributed by atoms with van der Waals surface area (Å²) in [6, 6.07) is 17.4. The predicted molar refractivity (Wildman–Crippen MR) is 126 cm³/mol. The van der Waals surface area contributed by atoms with E-state index in [2.05, 4.69) is 21.0 Å². The molecule has 3 aromatic heterocycles. The lowest BCUT2D eigenvalue weighted by Gasteiger charge is -2.11. The largest absolute Gasteiger partial charge is 0.384 e. The van der Waals surface area contributed by atoms with Crippen molar-refractivity contribution >= 4 is 27.8 Å². The molecule has 0 bridgehead atoms. The van der Waals surface area contributed by atoms with Gasteiger partial charge < -0.3 is 10.3 Å². The molecule has 158 valence electrons. The SMILES string of the molecule is Cc1ccc(C#N)cc1-n1c(=NC#N)n(C)c2cnc3ccc(-c4ccc(N)nc4)cc3c21. The van der Waals surface area contributed by atoms with E-state index in [0.717, 1.165) is 44.3 Å². The monoisotopic (exact) mass is 430 g/mol. The number of nitrogens with zero attached hydrogens (tertiary/aromatic N) is 7. The van der Waals surface area contributed by atoms with Crippen molar-refractivity contribution in [3.8, 4) is 29.1 Å². The number of aryl methyl sites for hydroxylation is 2. The third-order valence-electron chi connectivity index (χ3n) is 5.75. The Morgan fingerprint density at radius 3 is 2.52 bits per heavy atom. The Kier molecular flexibility index (Phi) is 4.62. The lowest BCUT2D eigenvalue weighted by Crippen LogP contribution is -2.23. The summed E-state index contributed by atoms with van der Waals surface area (Å²) < 4.78 is 3.75. The molecule has 0 aliphatic heterocycles. The molecular weight excluding hydrogens is 412 g/mol. The van der Waals surface area contributed by atoms with Crippen LogP contribution in [0.2, 0.25) is 0 Å². The first-order valence-electron chi connectivity index (χ1n) is 10.2. The third kappa shape index (κ3) is 3.18. The van der Waals surface area contributed by atoms with E-state index in [4.69, 9.17) is 5.73 Å². The molecule has 8 heteroatoms. The number of nitrogens with two attached hydrogens (primary N) is 1. The van der Waals surface area contributed by atoms with Crippen LogP contribution in [0, 0.1) is 29.7 Å². The standard InChI is InChI=1S/C25H18N8/c1-15-3-4-16(11-26)9-21(15)33-24-19-10-17(18-6-8-23(28)30-12-18)5-7-20(19)29-13-22(24)32(2)25(33)31-14-27/h3-10,12-13H,1-2H3,(H2,28,30). The second-order valence-corrected chi connectivity index (χ2v) is 7.72. The van der Waals surface area contributed by atoms with Crippen molar-refractivity contribution in [2.45, 2.75) is 6.92 Å². The highest BCUT2D eigenvalue weighted by atomic mass is 15.2. The lowest BCUT2D eigenvalue weighted by molar-refractivity contribution is 0.809. The first-order chi connectivity index (χ1) is 16.0. The lowest BCUT2D eigenvalue weighted by atomic mass is 10.0. The maximum Gasteiger partial charge on any atom is 0.226 e. The fourth-order valence-electron chi connectivity index (χ4n) is 4.08. The molecule has 5 rings (SSSR count). The first kappa shape index (κ1) is 20.0. The molecule has 8 nitrogen and oxygen atoms in total. The third-order valence-corrected chi connectivity index (χ3v) is 5.75. The summed E-state index contributed by atoms with van der Waals surface area (Å²) in [5.41, 5.74) is 12.8. The zero-order chi connectivity index (χ0) is 23.1. The van der Waals surface area contributed by atoms with Crippen LogP contribution < -0.4 is 11.4 Å². The van der Waals surface area contributed by atoms with Gasteiger partial charge in [-0.05, 0) is 54.4 Å². The summed E-state index contributed by atoms with van der Waals surface area (Å²) in [6.45, 7) is 1.97. The van der Waals surface area contributed by atoms with Gasteiger partial charge in [-0.25, -0.2) is 4.98 Å². The van der Waals surface area contributed by atoms with Gasteiger partial charge in [-0.1, -0.05) is 12.1 Å². The molecule has 0 atom stereocenters. The van der Waals surface area contributed by atoms with Gasteiger partial charge in [0, 0.05) is 24.2 Å². The molecule has 0 radical (unpaired) electrons. The number of hydrogen-bond acceptors (Lipinski definition) is 6. The molecule has 0 spiro atoms. The normalized spacial score (nSPS) is 11.6. The van der Waals surface area contributed by atoms with Crippen LogP contribution in [0.15, 0.2) is 65.9 Å². The van der Waals surface area contributed by atoms with Crippen LogP contribution >= 0.6 is 0 Å². The molecule has 33 heavy (non-hydrogen) atoms. The van der Waals surface area contributed by atoms with E-state index in [0.29, 0.717) is 17.0 Å². The van der Waals surface area contributed by atoms with Crippen LogP contribution in [-0.4, -0.2) is 19.1 Å². The van der Waals surface area contributed by atoms with Crippen molar-refractivity contribution in [3.63, 3.8) is 0 Å². The summed E-state index contributed by atoms with van der Waals surface area (Å²) >= 11 is 0. The number of pyridine rings is 2. The first-order valence-corrected chi connectivity index (χ1v) is 10.2. The predicted octanol–water partition coefficient (Wildman–Crippen LogP) is 3.72. The number of hydrogen-bond donors (Lipinski definition) is 1. The molecule has 0 unspecified atom stereocenters. The minimum absolute atomic E-state index is 0.444. The zero-order valence-electron chi connectivity index (χ0n) is 18.0. The Morgan fingerprint density at radius 1 is 0.970 bits per heavy atom. The van der Waals surface area contributed by atoms with Gasteiger partial charge in [-0.3, -0.25) is 9.55 Å². The molecule has 0 aliphatic rings. The van der Waals surface area contributed by atoms with Crippen LogP contribution in [0.25, 0.3) is 38.8 Å². The Balaban J connectivity index is 1.95. The molecule has 0 fully saturated rings. The smallest absolute Gasteiger partial charge is 0.226 e. The molecule has 2 N–H and O–H groups in total. The second kappa shape index (κ2) is 7.63. The summed E-state index contributed by atoms with van der Waals surface area (Å²) in [7, 11) is 1.85. The Hall–Kier alpha value is -4.95. The van der Waals surface area contributed by atoms with Gasteiger partial charge >= 0.3 is 0 Å². The number of anilines is 1. The van der Waals surface area contributed by atoms with Crippen LogP contribution in [0.3, 0.4) is 0 Å². The molecule has 0 saturated heterocycles.